The van der Waals surface area contributed by atoms with Crippen molar-refractivity contribution in [3.63, 3.8) is 0 Å². The molecule has 3 aliphatic heterocycles. The van der Waals surface area contributed by atoms with Gasteiger partial charge in [-0.05, 0) is 93.0 Å². The Balaban J connectivity index is 0.793. The van der Waals surface area contributed by atoms with E-state index in [9.17, 15) is 15.2 Å². The zero-order chi connectivity index (χ0) is 44.4. The maximum atomic E-state index is 12.8. The third kappa shape index (κ3) is 7.89. The number of H-pyrrole nitrogens is 1. The number of aromatic nitrogens is 3. The highest BCUT2D eigenvalue weighted by molar-refractivity contribution is 6.31. The molecular formula is C50H57ClN8O4. The maximum absolute atomic E-state index is 12.8. The zero-order valence-corrected chi connectivity index (χ0v) is 37.9. The first-order valence-electron chi connectivity index (χ1n) is 22.0. The largest absolute Gasteiger partial charge is 0.489 e. The molecule has 2 aromatic carbocycles. The number of likely N-dealkylation sites (tertiary alicyclic amines) is 1. The van der Waals surface area contributed by atoms with E-state index >= 15 is 0 Å². The fourth-order valence-corrected chi connectivity index (χ4v) is 11.4. The van der Waals surface area contributed by atoms with Gasteiger partial charge in [-0.25, -0.2) is 4.98 Å². The van der Waals surface area contributed by atoms with E-state index in [4.69, 9.17) is 31.1 Å². The van der Waals surface area contributed by atoms with Crippen molar-refractivity contribution in [2.24, 2.45) is 34.7 Å². The van der Waals surface area contributed by atoms with Gasteiger partial charge in [0.1, 0.15) is 29.2 Å². The Morgan fingerprint density at radius 3 is 2.44 bits per heavy atom. The monoisotopic (exact) mass is 868 g/mol. The number of aryl methyl sites for hydroxylation is 1. The van der Waals surface area contributed by atoms with Gasteiger partial charge in [-0.15, -0.1) is 0 Å². The smallest absolute Gasteiger partial charge is 0.274 e. The number of piperidine rings is 1. The van der Waals surface area contributed by atoms with Gasteiger partial charge in [-0.1, -0.05) is 45.4 Å². The van der Waals surface area contributed by atoms with E-state index in [0.29, 0.717) is 45.3 Å². The summed E-state index contributed by atoms with van der Waals surface area (Å²) in [5.41, 5.74) is 2.83. The van der Waals surface area contributed by atoms with Crippen molar-refractivity contribution in [1.82, 2.24) is 24.3 Å². The van der Waals surface area contributed by atoms with Crippen molar-refractivity contribution in [2.45, 2.75) is 84.8 Å². The lowest BCUT2D eigenvalue weighted by Crippen LogP contribution is -2.76. The number of nitrogens with one attached hydrogen (secondary N) is 1. The summed E-state index contributed by atoms with van der Waals surface area (Å²) in [6.07, 6.45) is 15.1. The van der Waals surface area contributed by atoms with Gasteiger partial charge in [0, 0.05) is 104 Å². The number of ether oxygens (including phenoxy) is 2. The molecule has 12 nitrogen and oxygen atoms in total. The molecule has 2 saturated heterocycles. The lowest BCUT2D eigenvalue weighted by atomic mass is 9.49. The number of hydrogen-bond acceptors (Lipinski definition) is 10. The third-order valence-electron chi connectivity index (χ3n) is 14.0. The standard InChI is InChI=1S/C50H57ClN8O4/c1-48(2)45(49(3,4)46(48)62-36-12-9-33(26-52)40(51)25-36)59-20-8-18-54-47(59)57-21-16-31(17-22-57)23-32-28-58(29-32)35-11-14-42(55-27-35)63-41-13-10-34(50(5,6)61)24-38(41)39-30-56(7)44(60)43-37(39)15-19-53-43/h8-15,18-20,24-25,27,30-32,45-47,53,61H,16-17,21-23,28-29H2,1-7H3. The average molecular weight is 870 g/mol. The van der Waals surface area contributed by atoms with Crippen molar-refractivity contribution < 1.29 is 14.6 Å². The normalized spacial score (nSPS) is 22.4. The van der Waals surface area contributed by atoms with E-state index in [2.05, 4.69) is 71.8 Å². The SMILES string of the molecule is Cn1cc(-c2cc(C(C)(C)O)ccc2Oc2ccc(N3CC(CC4CCN(C5N=CC=CN5C5C(C)(C)C(Oc6ccc(C#N)c(Cl)c6)C5(C)C)CC4)C3)cn2)c2cc[nH]c2c1=O. The van der Waals surface area contributed by atoms with Gasteiger partial charge in [0.25, 0.3) is 5.56 Å². The number of allylic oxidation sites excluding steroid dienone is 1. The maximum Gasteiger partial charge on any atom is 0.274 e. The van der Waals surface area contributed by atoms with Gasteiger partial charge in [-0.3, -0.25) is 14.7 Å². The van der Waals surface area contributed by atoms with Crippen molar-refractivity contribution in [3.05, 3.63) is 112 Å². The first-order chi connectivity index (χ1) is 30.0. The summed E-state index contributed by atoms with van der Waals surface area (Å²) in [7, 11) is 1.73. The number of anilines is 1. The van der Waals surface area contributed by atoms with Crippen molar-refractivity contribution in [2.75, 3.05) is 31.1 Å². The molecule has 328 valence electrons. The fourth-order valence-electron chi connectivity index (χ4n) is 11.1. The summed E-state index contributed by atoms with van der Waals surface area (Å²) in [6, 6.07) is 19.2. The quantitative estimate of drug-likeness (QED) is 0.133. The highest BCUT2D eigenvalue weighted by atomic mass is 35.5. The molecule has 0 radical (unpaired) electrons. The molecule has 4 aliphatic rings. The number of nitrogens with zero attached hydrogens (tertiary/aromatic N) is 7. The van der Waals surface area contributed by atoms with Crippen LogP contribution in [0.25, 0.3) is 22.0 Å². The summed E-state index contributed by atoms with van der Waals surface area (Å²) in [5, 5.41) is 21.4. The number of aliphatic hydroxyl groups is 1. The van der Waals surface area contributed by atoms with Crippen LogP contribution in [0.5, 0.6) is 17.4 Å². The molecule has 0 spiro atoms. The molecule has 0 amide bonds. The highest BCUT2D eigenvalue weighted by Crippen LogP contribution is 2.59. The predicted molar refractivity (Wildman–Crippen MR) is 248 cm³/mol. The van der Waals surface area contributed by atoms with Gasteiger partial charge in [0.05, 0.1) is 28.1 Å². The number of rotatable bonds is 11. The Kier molecular flexibility index (Phi) is 11.0. The Morgan fingerprint density at radius 1 is 1.00 bits per heavy atom. The Labute approximate surface area is 374 Å². The van der Waals surface area contributed by atoms with E-state index in [-0.39, 0.29) is 34.8 Å². The average Bonchev–Trinajstić information content (AvgIpc) is 3.74. The second-order valence-corrected chi connectivity index (χ2v) is 20.1. The third-order valence-corrected chi connectivity index (χ3v) is 14.3. The zero-order valence-electron chi connectivity index (χ0n) is 37.2. The number of halogens is 1. The van der Waals surface area contributed by atoms with Crippen LogP contribution in [0.2, 0.25) is 5.02 Å². The first kappa shape index (κ1) is 42.7. The van der Waals surface area contributed by atoms with Gasteiger partial charge < -0.3 is 33.9 Å². The van der Waals surface area contributed by atoms with E-state index in [0.717, 1.165) is 66.8 Å². The minimum absolute atomic E-state index is 0.0502. The van der Waals surface area contributed by atoms with Crippen LogP contribution in [0.4, 0.5) is 5.69 Å². The number of nitriles is 1. The number of benzene rings is 2. The molecular weight excluding hydrogens is 812 g/mol. The molecule has 2 N–H and O–H groups in total. The van der Waals surface area contributed by atoms with Gasteiger partial charge in [0.2, 0.25) is 5.88 Å². The summed E-state index contributed by atoms with van der Waals surface area (Å²) < 4.78 is 14.6. The summed E-state index contributed by atoms with van der Waals surface area (Å²) in [6.45, 7) is 16.7. The molecule has 3 fully saturated rings. The van der Waals surface area contributed by atoms with Crippen molar-refractivity contribution in [1.29, 1.82) is 5.26 Å². The number of pyridine rings is 2. The lowest BCUT2D eigenvalue weighted by Gasteiger charge is -2.67. The van der Waals surface area contributed by atoms with Crippen molar-refractivity contribution >= 4 is 34.4 Å². The number of fused-ring (bicyclic) bond motifs is 1. The van der Waals surface area contributed by atoms with E-state index in [1.165, 1.54) is 6.42 Å². The Morgan fingerprint density at radius 2 is 1.76 bits per heavy atom. The molecule has 0 bridgehead atoms. The Hall–Kier alpha value is -5.61. The van der Waals surface area contributed by atoms with Crippen molar-refractivity contribution in [3.8, 4) is 34.6 Å². The molecule has 63 heavy (non-hydrogen) atoms. The second kappa shape index (κ2) is 16.2. The lowest BCUT2D eigenvalue weighted by molar-refractivity contribution is -0.216. The van der Waals surface area contributed by atoms with E-state index in [1.807, 2.05) is 55.0 Å². The first-order valence-corrected chi connectivity index (χ1v) is 22.4. The fraction of sp³-hybridized carbons (Fsp3) is 0.440. The topological polar surface area (TPSA) is 135 Å². The number of aliphatic imine (C=N–C) groups is 1. The molecule has 1 atom stereocenters. The van der Waals surface area contributed by atoms with Gasteiger partial charge >= 0.3 is 0 Å². The Bertz CT molecular complexity index is 2660. The molecule has 6 heterocycles. The van der Waals surface area contributed by atoms with Crippen LogP contribution < -0.4 is 19.9 Å². The molecule has 1 aliphatic carbocycles. The van der Waals surface area contributed by atoms with Gasteiger partial charge in [-0.2, -0.15) is 5.26 Å². The number of aromatic amines is 1. The summed E-state index contributed by atoms with van der Waals surface area (Å²) in [5.74, 6) is 3.07. The second-order valence-electron chi connectivity index (χ2n) is 19.7. The van der Waals surface area contributed by atoms with Gasteiger partial charge in [0.15, 0.2) is 6.29 Å². The van der Waals surface area contributed by atoms with Crippen LogP contribution >= 0.6 is 11.6 Å². The summed E-state index contributed by atoms with van der Waals surface area (Å²) in [4.78, 5) is 33.1. The minimum atomic E-state index is -1.07. The molecule has 3 aromatic heterocycles. The van der Waals surface area contributed by atoms with Crippen LogP contribution in [0.3, 0.4) is 0 Å². The van der Waals surface area contributed by atoms with Crippen LogP contribution in [0.1, 0.15) is 71.9 Å². The molecule has 1 saturated carbocycles. The van der Waals surface area contributed by atoms with Crippen LogP contribution in [0.15, 0.2) is 95.3 Å². The van der Waals surface area contributed by atoms with E-state index < -0.39 is 5.60 Å². The molecule has 5 aromatic rings. The minimum Gasteiger partial charge on any atom is -0.489 e. The summed E-state index contributed by atoms with van der Waals surface area (Å²) >= 11 is 6.36. The van der Waals surface area contributed by atoms with Crippen LogP contribution in [-0.4, -0.2) is 80.3 Å². The van der Waals surface area contributed by atoms with Crippen LogP contribution in [-0.2, 0) is 12.6 Å². The van der Waals surface area contributed by atoms with E-state index in [1.54, 1.807) is 43.8 Å². The highest BCUT2D eigenvalue weighted by Gasteiger charge is 2.66. The molecule has 13 heteroatoms. The molecule has 9 rings (SSSR count). The van der Waals surface area contributed by atoms with Crippen LogP contribution in [0, 0.1) is 34.0 Å². The predicted octanol–water partition coefficient (Wildman–Crippen LogP) is 9.08. The molecule has 1 unspecified atom stereocenters. The number of hydrogen-bond donors (Lipinski definition) is 2.